The van der Waals surface area contributed by atoms with Crippen molar-refractivity contribution < 1.29 is 13.2 Å². The van der Waals surface area contributed by atoms with Crippen molar-refractivity contribution in [1.29, 1.82) is 0 Å². The van der Waals surface area contributed by atoms with Gasteiger partial charge >= 0.3 is 0 Å². The Bertz CT molecular complexity index is 469. The standard InChI is InChI=1S/C13H22N2O3S/c1-11(2)18-13-7-5-12(6-8-13)15-19(16,17)10-4-9-14-3/h5-8,11,14-15H,4,9-10H2,1-3H3. The van der Waals surface area contributed by atoms with Crippen molar-refractivity contribution in [2.24, 2.45) is 0 Å². The lowest BCUT2D eigenvalue weighted by atomic mass is 10.3. The van der Waals surface area contributed by atoms with Crippen molar-refractivity contribution in [2.75, 3.05) is 24.1 Å². The maximum absolute atomic E-state index is 11.8. The maximum atomic E-state index is 11.8. The summed E-state index contributed by atoms with van der Waals surface area (Å²) in [7, 11) is -1.47. The van der Waals surface area contributed by atoms with Crippen LogP contribution in [0, 0.1) is 0 Å². The summed E-state index contributed by atoms with van der Waals surface area (Å²) < 4.78 is 31.6. The smallest absolute Gasteiger partial charge is 0.232 e. The molecule has 2 N–H and O–H groups in total. The molecular weight excluding hydrogens is 264 g/mol. The molecule has 5 nitrogen and oxygen atoms in total. The molecule has 0 saturated heterocycles. The average molecular weight is 286 g/mol. The van der Waals surface area contributed by atoms with Crippen LogP contribution < -0.4 is 14.8 Å². The molecule has 0 aliphatic heterocycles. The minimum atomic E-state index is -3.27. The lowest BCUT2D eigenvalue weighted by Crippen LogP contribution is -2.20. The van der Waals surface area contributed by atoms with E-state index in [4.69, 9.17) is 4.74 Å². The molecule has 0 aliphatic rings. The van der Waals surface area contributed by atoms with Gasteiger partial charge in [0.2, 0.25) is 10.0 Å². The van der Waals surface area contributed by atoms with Crippen LogP contribution in [0.4, 0.5) is 5.69 Å². The molecule has 1 rings (SSSR count). The predicted octanol–water partition coefficient (Wildman–Crippen LogP) is 1.82. The summed E-state index contributed by atoms with van der Waals surface area (Å²) in [6.07, 6.45) is 0.685. The average Bonchev–Trinajstić information content (AvgIpc) is 2.31. The lowest BCUT2D eigenvalue weighted by molar-refractivity contribution is 0.242. The number of sulfonamides is 1. The summed E-state index contributed by atoms with van der Waals surface area (Å²) in [6, 6.07) is 6.91. The Morgan fingerprint density at radius 2 is 1.84 bits per heavy atom. The minimum absolute atomic E-state index is 0.101. The highest BCUT2D eigenvalue weighted by Crippen LogP contribution is 2.17. The molecule has 0 atom stereocenters. The molecule has 0 aliphatic carbocycles. The Hall–Kier alpha value is -1.27. The number of anilines is 1. The predicted molar refractivity (Wildman–Crippen MR) is 78.2 cm³/mol. The summed E-state index contributed by atoms with van der Waals surface area (Å²) in [4.78, 5) is 0. The summed E-state index contributed by atoms with van der Waals surface area (Å²) in [5.41, 5.74) is 0.556. The van der Waals surface area contributed by atoms with Crippen molar-refractivity contribution in [3.05, 3.63) is 24.3 Å². The second kappa shape index (κ2) is 7.35. The number of benzene rings is 1. The van der Waals surface area contributed by atoms with Gasteiger partial charge in [-0.2, -0.15) is 0 Å². The van der Waals surface area contributed by atoms with Crippen LogP contribution in [0.25, 0.3) is 0 Å². The lowest BCUT2D eigenvalue weighted by Gasteiger charge is -2.11. The van der Waals surface area contributed by atoms with Crippen LogP contribution in [-0.2, 0) is 10.0 Å². The highest BCUT2D eigenvalue weighted by atomic mass is 32.2. The van der Waals surface area contributed by atoms with Crippen molar-refractivity contribution in [3.63, 3.8) is 0 Å². The molecule has 0 spiro atoms. The zero-order chi connectivity index (χ0) is 14.3. The second-order valence-corrected chi connectivity index (χ2v) is 6.41. The first-order valence-electron chi connectivity index (χ1n) is 6.35. The molecule has 0 radical (unpaired) electrons. The summed E-state index contributed by atoms with van der Waals surface area (Å²) in [5.74, 6) is 0.839. The van der Waals surface area contributed by atoms with E-state index in [-0.39, 0.29) is 11.9 Å². The van der Waals surface area contributed by atoms with Gasteiger partial charge in [-0.25, -0.2) is 8.42 Å². The number of rotatable bonds is 8. The van der Waals surface area contributed by atoms with E-state index in [0.29, 0.717) is 18.7 Å². The molecule has 0 bridgehead atoms. The van der Waals surface area contributed by atoms with Crippen LogP contribution in [-0.4, -0.2) is 33.9 Å². The molecule has 19 heavy (non-hydrogen) atoms. The third-order valence-corrected chi connectivity index (χ3v) is 3.71. The summed E-state index contributed by atoms with van der Waals surface area (Å²) in [6.45, 7) is 4.57. The number of nitrogens with one attached hydrogen (secondary N) is 2. The van der Waals surface area contributed by atoms with Gasteiger partial charge in [-0.3, -0.25) is 4.72 Å². The third-order valence-electron chi connectivity index (χ3n) is 2.34. The number of hydrogen-bond acceptors (Lipinski definition) is 4. The van der Waals surface area contributed by atoms with E-state index >= 15 is 0 Å². The molecule has 1 aromatic carbocycles. The Morgan fingerprint density at radius 3 is 2.37 bits per heavy atom. The van der Waals surface area contributed by atoms with Gasteiger partial charge in [-0.15, -0.1) is 0 Å². The molecule has 0 saturated carbocycles. The highest BCUT2D eigenvalue weighted by Gasteiger charge is 2.09. The molecule has 1 aromatic rings. The van der Waals surface area contributed by atoms with Crippen molar-refractivity contribution >= 4 is 15.7 Å². The van der Waals surface area contributed by atoms with Gasteiger partial charge in [-0.1, -0.05) is 0 Å². The quantitative estimate of drug-likeness (QED) is 0.715. The first-order valence-corrected chi connectivity index (χ1v) is 8.00. The van der Waals surface area contributed by atoms with E-state index < -0.39 is 10.0 Å². The molecular formula is C13H22N2O3S. The third kappa shape index (κ3) is 6.45. The van der Waals surface area contributed by atoms with Crippen LogP contribution in [0.2, 0.25) is 0 Å². The van der Waals surface area contributed by atoms with Crippen molar-refractivity contribution in [3.8, 4) is 5.75 Å². The van der Waals surface area contributed by atoms with Crippen LogP contribution in [0.1, 0.15) is 20.3 Å². The molecule has 0 fully saturated rings. The Labute approximate surface area is 115 Å². The molecule has 0 amide bonds. The topological polar surface area (TPSA) is 67.4 Å². The maximum Gasteiger partial charge on any atom is 0.232 e. The summed E-state index contributed by atoms with van der Waals surface area (Å²) in [5, 5.41) is 2.92. The number of ether oxygens (including phenoxy) is 1. The Kier molecular flexibility index (Phi) is 6.11. The highest BCUT2D eigenvalue weighted by molar-refractivity contribution is 7.92. The van der Waals surface area contributed by atoms with E-state index in [2.05, 4.69) is 10.0 Å². The molecule has 6 heteroatoms. The summed E-state index contributed by atoms with van der Waals surface area (Å²) >= 11 is 0. The first-order chi connectivity index (χ1) is 8.93. The molecule has 0 heterocycles. The van der Waals surface area contributed by atoms with Crippen LogP contribution in [0.15, 0.2) is 24.3 Å². The fraction of sp³-hybridized carbons (Fsp3) is 0.538. The number of hydrogen-bond donors (Lipinski definition) is 2. The normalized spacial score (nSPS) is 11.6. The SMILES string of the molecule is CNCCCS(=O)(=O)Nc1ccc(OC(C)C)cc1. The molecule has 108 valence electrons. The van der Waals surface area contributed by atoms with Gasteiger partial charge in [0.15, 0.2) is 0 Å². The zero-order valence-electron chi connectivity index (χ0n) is 11.6. The van der Waals surface area contributed by atoms with E-state index in [1.807, 2.05) is 13.8 Å². The monoisotopic (exact) mass is 286 g/mol. The van der Waals surface area contributed by atoms with Crippen LogP contribution in [0.3, 0.4) is 0 Å². The first kappa shape index (κ1) is 15.8. The Morgan fingerprint density at radius 1 is 1.21 bits per heavy atom. The van der Waals surface area contributed by atoms with Gasteiger partial charge in [0, 0.05) is 5.69 Å². The fourth-order valence-corrected chi connectivity index (χ4v) is 2.66. The van der Waals surface area contributed by atoms with Crippen LogP contribution >= 0.6 is 0 Å². The van der Waals surface area contributed by atoms with E-state index in [1.165, 1.54) is 0 Å². The van der Waals surface area contributed by atoms with Gasteiger partial charge in [-0.05, 0) is 58.1 Å². The van der Waals surface area contributed by atoms with E-state index in [1.54, 1.807) is 31.3 Å². The second-order valence-electron chi connectivity index (χ2n) is 4.57. The molecule has 0 unspecified atom stereocenters. The van der Waals surface area contributed by atoms with Gasteiger partial charge in [0.1, 0.15) is 5.75 Å². The zero-order valence-corrected chi connectivity index (χ0v) is 12.5. The minimum Gasteiger partial charge on any atom is -0.491 e. The molecule has 0 aromatic heterocycles. The van der Waals surface area contributed by atoms with Crippen molar-refractivity contribution in [1.82, 2.24) is 5.32 Å². The fourth-order valence-electron chi connectivity index (χ4n) is 1.54. The van der Waals surface area contributed by atoms with Crippen molar-refractivity contribution in [2.45, 2.75) is 26.4 Å². The van der Waals surface area contributed by atoms with E-state index in [9.17, 15) is 8.42 Å². The van der Waals surface area contributed by atoms with Crippen LogP contribution in [0.5, 0.6) is 5.75 Å². The Balaban J connectivity index is 2.57. The van der Waals surface area contributed by atoms with Gasteiger partial charge in [0.05, 0.1) is 11.9 Å². The van der Waals surface area contributed by atoms with Gasteiger partial charge < -0.3 is 10.1 Å². The van der Waals surface area contributed by atoms with E-state index in [0.717, 1.165) is 5.75 Å². The van der Waals surface area contributed by atoms with Gasteiger partial charge in [0.25, 0.3) is 0 Å². The largest absolute Gasteiger partial charge is 0.491 e.